The molecule has 0 radical (unpaired) electrons. The largest absolute Gasteiger partial charge is 0.325 e. The molecular weight excluding hydrogens is 306 g/mol. The summed E-state index contributed by atoms with van der Waals surface area (Å²) in [7, 11) is -3.34. The minimum absolute atomic E-state index is 0.537. The fourth-order valence-electron chi connectivity index (χ4n) is 1.18. The third-order valence-electron chi connectivity index (χ3n) is 2.10. The predicted molar refractivity (Wildman–Crippen MR) is 73.7 cm³/mol. The highest BCUT2D eigenvalue weighted by Gasteiger charge is 2.27. The molecule has 2 N–H and O–H groups in total. The molecule has 0 bridgehead atoms. The first-order chi connectivity index (χ1) is 7.61. The second kappa shape index (κ2) is 5.24. The molecule has 1 atom stereocenters. The van der Waals surface area contributed by atoms with Crippen molar-refractivity contribution in [3.63, 3.8) is 0 Å². The van der Waals surface area contributed by atoms with Crippen LogP contribution in [-0.2, 0) is 20.1 Å². The maximum atomic E-state index is 12.9. The number of hydrogen-bond acceptors (Lipinski definition) is 2. The van der Waals surface area contributed by atoms with Gasteiger partial charge >= 0.3 is 4.71 Å². The van der Waals surface area contributed by atoms with Crippen molar-refractivity contribution in [1.82, 2.24) is 4.72 Å². The molecule has 0 saturated carbocycles. The van der Waals surface area contributed by atoms with Crippen molar-refractivity contribution in [3.05, 3.63) is 29.3 Å². The van der Waals surface area contributed by atoms with Crippen LogP contribution in [0.2, 0.25) is 0 Å². The molecule has 1 rings (SSSR count). The lowest BCUT2D eigenvalue weighted by Gasteiger charge is -2.18. The lowest BCUT2D eigenvalue weighted by molar-refractivity contribution is 0.377. The Balaban J connectivity index is 2.95. The van der Waals surface area contributed by atoms with Crippen molar-refractivity contribution < 1.29 is 8.60 Å². The Labute approximate surface area is 115 Å². The van der Waals surface area contributed by atoms with Crippen LogP contribution in [0.4, 0.5) is 10.1 Å². The molecule has 0 aromatic heterocycles. The maximum Gasteiger partial charge on any atom is 0.325 e. The van der Waals surface area contributed by atoms with Gasteiger partial charge < -0.3 is 0 Å². The zero-order chi connectivity index (χ0) is 13.3. The second-order valence-corrected chi connectivity index (χ2v) is 7.51. The number of benzene rings is 1. The SMILES string of the molecule is Cc1cccc(NS(=O)(=S)NC(F)(Cl)Cl)c1C. The number of halogens is 3. The molecule has 17 heavy (non-hydrogen) atoms. The smallest absolute Gasteiger partial charge is 0.292 e. The molecule has 96 valence electrons. The van der Waals surface area contributed by atoms with E-state index in [1.807, 2.05) is 19.9 Å². The Morgan fingerprint density at radius 3 is 2.53 bits per heavy atom. The van der Waals surface area contributed by atoms with Crippen molar-refractivity contribution in [1.29, 1.82) is 0 Å². The molecule has 1 unspecified atom stereocenters. The average molecular weight is 317 g/mol. The van der Waals surface area contributed by atoms with Crippen molar-refractivity contribution in [3.8, 4) is 0 Å². The summed E-state index contributed by atoms with van der Waals surface area (Å²) < 4.78 is 26.2. The van der Waals surface area contributed by atoms with Gasteiger partial charge in [-0.05, 0) is 54.2 Å². The molecular formula is C9H11Cl2FN2OS2. The number of anilines is 1. The second-order valence-electron chi connectivity index (χ2n) is 3.45. The van der Waals surface area contributed by atoms with Gasteiger partial charge in [-0.3, -0.25) is 4.72 Å². The zero-order valence-corrected chi connectivity index (χ0v) is 12.2. The minimum Gasteiger partial charge on any atom is -0.292 e. The van der Waals surface area contributed by atoms with E-state index in [1.165, 1.54) is 0 Å². The number of nitrogens with one attached hydrogen (secondary N) is 2. The summed E-state index contributed by atoms with van der Waals surface area (Å²) in [5, 5.41) is 0. The molecule has 0 aliphatic carbocycles. The Morgan fingerprint density at radius 1 is 1.41 bits per heavy atom. The fourth-order valence-corrected chi connectivity index (χ4v) is 3.59. The lowest BCUT2D eigenvalue weighted by Crippen LogP contribution is -2.38. The Morgan fingerprint density at radius 2 is 2.00 bits per heavy atom. The molecule has 1 aromatic rings. The van der Waals surface area contributed by atoms with Gasteiger partial charge in [0.15, 0.2) is 8.86 Å². The van der Waals surface area contributed by atoms with Gasteiger partial charge in [0.25, 0.3) is 0 Å². The fraction of sp³-hybridized carbons (Fsp3) is 0.333. The number of hydrogen-bond donors (Lipinski definition) is 2. The van der Waals surface area contributed by atoms with Crippen LogP contribution in [0.15, 0.2) is 18.2 Å². The number of aryl methyl sites for hydroxylation is 1. The molecule has 0 spiro atoms. The van der Waals surface area contributed by atoms with Gasteiger partial charge in [-0.2, -0.15) is 9.11 Å². The first-order valence-electron chi connectivity index (χ1n) is 4.55. The Kier molecular flexibility index (Phi) is 4.60. The number of rotatable bonds is 4. The summed E-state index contributed by atoms with van der Waals surface area (Å²) in [5.41, 5.74) is 2.39. The highest BCUT2D eigenvalue weighted by Crippen LogP contribution is 2.22. The van der Waals surface area contributed by atoms with Gasteiger partial charge in [0.05, 0.1) is 5.69 Å². The van der Waals surface area contributed by atoms with E-state index in [4.69, 9.17) is 23.2 Å². The Hall–Kier alpha value is -0.140. The lowest BCUT2D eigenvalue weighted by atomic mass is 10.1. The Bertz CT molecular complexity index is 514. The van der Waals surface area contributed by atoms with Gasteiger partial charge in [-0.1, -0.05) is 12.1 Å². The van der Waals surface area contributed by atoms with E-state index >= 15 is 0 Å². The quantitative estimate of drug-likeness (QED) is 0.662. The van der Waals surface area contributed by atoms with E-state index in [1.54, 1.807) is 16.9 Å². The van der Waals surface area contributed by atoms with Crippen molar-refractivity contribution in [2.45, 2.75) is 18.6 Å². The van der Waals surface area contributed by atoms with Gasteiger partial charge in [0, 0.05) is 11.2 Å². The van der Waals surface area contributed by atoms with Crippen LogP contribution in [0.1, 0.15) is 11.1 Å². The van der Waals surface area contributed by atoms with Gasteiger partial charge in [-0.25, -0.2) is 4.21 Å². The highest BCUT2D eigenvalue weighted by molar-refractivity contribution is 8.32. The molecule has 0 saturated heterocycles. The predicted octanol–water partition coefficient (Wildman–Crippen LogP) is 2.94. The molecule has 0 aliphatic rings. The molecule has 0 fully saturated rings. The standard InChI is InChI=1S/C9H11Cl2FN2OS2/c1-6-4-3-5-8(7(6)2)13-17(15,16)14-9(10,11)12/h3-5,13-14H,1-2H3. The first kappa shape index (κ1) is 14.9. The monoisotopic (exact) mass is 316 g/mol. The van der Waals surface area contributed by atoms with Gasteiger partial charge in [0.1, 0.15) is 0 Å². The third kappa shape index (κ3) is 4.93. The van der Waals surface area contributed by atoms with E-state index < -0.39 is 13.6 Å². The molecule has 1 aromatic carbocycles. The average Bonchev–Trinajstić information content (AvgIpc) is 2.08. The zero-order valence-electron chi connectivity index (χ0n) is 9.09. The third-order valence-corrected chi connectivity index (χ3v) is 4.05. The van der Waals surface area contributed by atoms with Crippen molar-refractivity contribution in [2.24, 2.45) is 0 Å². The summed E-state index contributed by atoms with van der Waals surface area (Å²) in [6, 6.07) is 5.33. The van der Waals surface area contributed by atoms with Crippen LogP contribution in [0, 0.1) is 13.8 Å². The van der Waals surface area contributed by atoms with E-state index in [0.29, 0.717) is 5.69 Å². The van der Waals surface area contributed by atoms with Crippen molar-refractivity contribution >= 4 is 48.9 Å². The molecule has 0 aliphatic heterocycles. The highest BCUT2D eigenvalue weighted by atomic mass is 35.5. The van der Waals surface area contributed by atoms with E-state index in [2.05, 4.69) is 15.9 Å². The summed E-state index contributed by atoms with van der Waals surface area (Å²) >= 11 is 14.8. The van der Waals surface area contributed by atoms with Gasteiger partial charge in [0.2, 0.25) is 0 Å². The molecule has 8 heteroatoms. The van der Waals surface area contributed by atoms with E-state index in [9.17, 15) is 8.60 Å². The van der Waals surface area contributed by atoms with E-state index in [-0.39, 0.29) is 0 Å². The van der Waals surface area contributed by atoms with Crippen LogP contribution >= 0.6 is 23.2 Å². The van der Waals surface area contributed by atoms with Crippen molar-refractivity contribution in [2.75, 3.05) is 4.72 Å². The normalized spacial score (nSPS) is 15.4. The van der Waals surface area contributed by atoms with Crippen LogP contribution in [-0.4, -0.2) is 8.92 Å². The maximum absolute atomic E-state index is 12.9. The van der Waals surface area contributed by atoms with Crippen LogP contribution in [0.25, 0.3) is 0 Å². The number of alkyl halides is 3. The first-order valence-corrected chi connectivity index (χ1v) is 7.79. The summed E-state index contributed by atoms with van der Waals surface area (Å²) in [6.45, 7) is 3.72. The van der Waals surface area contributed by atoms with Gasteiger partial charge in [-0.15, -0.1) is 0 Å². The minimum atomic E-state index is -3.34. The molecule has 3 nitrogen and oxygen atoms in total. The summed E-state index contributed by atoms with van der Waals surface area (Å²) in [6.07, 6.45) is 0. The molecule has 0 heterocycles. The molecule has 0 amide bonds. The van der Waals surface area contributed by atoms with E-state index in [0.717, 1.165) is 11.1 Å². The van der Waals surface area contributed by atoms with Crippen LogP contribution < -0.4 is 9.44 Å². The topological polar surface area (TPSA) is 41.1 Å². The summed E-state index contributed by atoms with van der Waals surface area (Å²) in [5.74, 6) is 0. The summed E-state index contributed by atoms with van der Waals surface area (Å²) in [4.78, 5) is 0. The van der Waals surface area contributed by atoms with Crippen LogP contribution in [0.5, 0.6) is 0 Å². The van der Waals surface area contributed by atoms with Crippen LogP contribution in [0.3, 0.4) is 0 Å².